The van der Waals surface area contributed by atoms with Crippen LogP contribution in [0.25, 0.3) is 0 Å². The number of nitrogens with zero attached hydrogens (tertiary/aromatic N) is 1. The number of aryl methyl sites for hydroxylation is 1. The van der Waals surface area contributed by atoms with Crippen LogP contribution in [-0.4, -0.2) is 20.2 Å². The van der Waals surface area contributed by atoms with Gasteiger partial charge in [-0.3, -0.25) is 0 Å². The summed E-state index contributed by atoms with van der Waals surface area (Å²) in [6, 6.07) is 13.8. The quantitative estimate of drug-likeness (QED) is 0.407. The number of anilines is 1. The van der Waals surface area contributed by atoms with Gasteiger partial charge in [0.15, 0.2) is 17.5 Å². The molecular weight excluding hydrogens is 417 g/mol. The molecule has 2 rings (SSSR count). The smallest absolute Gasteiger partial charge is 0.193 e. The van der Waals surface area contributed by atoms with Crippen LogP contribution in [0.15, 0.2) is 47.5 Å². The lowest BCUT2D eigenvalue weighted by atomic mass is 10.1. The Morgan fingerprint density at radius 1 is 1.04 bits per heavy atom. The molecule has 0 aliphatic carbocycles. The SMILES string of the molecule is CCc1cccc(NC(N)=NCc2ccc(OC)c(OC)c2)c1.I. The van der Waals surface area contributed by atoms with Gasteiger partial charge in [0.1, 0.15) is 0 Å². The number of ether oxygens (including phenoxy) is 2. The van der Waals surface area contributed by atoms with Crippen molar-refractivity contribution in [3.05, 3.63) is 53.6 Å². The fourth-order valence-corrected chi connectivity index (χ4v) is 2.21. The summed E-state index contributed by atoms with van der Waals surface area (Å²) in [5.74, 6) is 1.76. The molecule has 0 unspecified atom stereocenters. The molecule has 2 aromatic carbocycles. The average molecular weight is 441 g/mol. The Bertz CT molecular complexity index is 690. The van der Waals surface area contributed by atoms with Gasteiger partial charge < -0.3 is 20.5 Å². The molecule has 0 aliphatic heterocycles. The highest BCUT2D eigenvalue weighted by atomic mass is 127. The summed E-state index contributed by atoms with van der Waals surface area (Å²) in [6.07, 6.45) is 0.984. The summed E-state index contributed by atoms with van der Waals surface area (Å²) in [5, 5.41) is 3.11. The molecule has 130 valence electrons. The van der Waals surface area contributed by atoms with Crippen molar-refractivity contribution in [3.8, 4) is 11.5 Å². The normalized spacial score (nSPS) is 10.7. The summed E-state index contributed by atoms with van der Waals surface area (Å²) in [6.45, 7) is 2.58. The second-order valence-electron chi connectivity index (χ2n) is 5.07. The Kier molecular flexibility index (Phi) is 8.39. The molecule has 3 N–H and O–H groups in total. The first kappa shape index (κ1) is 20.1. The standard InChI is InChI=1S/C18H23N3O2.HI/c1-4-13-6-5-7-15(10-13)21-18(19)20-12-14-8-9-16(22-2)17(11-14)23-3;/h5-11H,4,12H2,1-3H3,(H3,19,20,21);1H. The number of nitrogens with two attached hydrogens (primary N) is 1. The van der Waals surface area contributed by atoms with Crippen molar-refractivity contribution >= 4 is 35.6 Å². The van der Waals surface area contributed by atoms with Crippen LogP contribution in [0.4, 0.5) is 5.69 Å². The van der Waals surface area contributed by atoms with E-state index >= 15 is 0 Å². The number of nitrogens with one attached hydrogen (secondary N) is 1. The van der Waals surface area contributed by atoms with Crippen molar-refractivity contribution in [2.24, 2.45) is 10.7 Å². The number of aliphatic imine (C=N–C) groups is 1. The van der Waals surface area contributed by atoms with Gasteiger partial charge in [-0.1, -0.05) is 25.1 Å². The Morgan fingerprint density at radius 2 is 1.79 bits per heavy atom. The van der Waals surface area contributed by atoms with Gasteiger partial charge >= 0.3 is 0 Å². The summed E-state index contributed by atoms with van der Waals surface area (Å²) in [7, 11) is 3.23. The highest BCUT2D eigenvalue weighted by Crippen LogP contribution is 2.27. The molecule has 0 bridgehead atoms. The first-order chi connectivity index (χ1) is 11.2. The molecule has 6 heteroatoms. The zero-order valence-corrected chi connectivity index (χ0v) is 16.5. The van der Waals surface area contributed by atoms with Gasteiger partial charge in [0.2, 0.25) is 0 Å². The maximum Gasteiger partial charge on any atom is 0.193 e. The monoisotopic (exact) mass is 441 g/mol. The predicted molar refractivity (Wildman–Crippen MR) is 110 cm³/mol. The van der Waals surface area contributed by atoms with Crippen molar-refractivity contribution in [2.45, 2.75) is 19.9 Å². The number of hydrogen-bond acceptors (Lipinski definition) is 3. The number of hydrogen-bond donors (Lipinski definition) is 2. The molecule has 0 atom stereocenters. The molecule has 0 aromatic heterocycles. The van der Waals surface area contributed by atoms with E-state index in [1.54, 1.807) is 14.2 Å². The van der Waals surface area contributed by atoms with Crippen LogP contribution >= 0.6 is 24.0 Å². The topological polar surface area (TPSA) is 68.9 Å². The molecule has 0 heterocycles. The van der Waals surface area contributed by atoms with Crippen LogP contribution in [0.1, 0.15) is 18.1 Å². The predicted octanol–water partition coefficient (Wildman–Crippen LogP) is 3.81. The number of benzene rings is 2. The zero-order chi connectivity index (χ0) is 16.7. The molecule has 0 amide bonds. The van der Waals surface area contributed by atoms with Gasteiger partial charge in [0.05, 0.1) is 20.8 Å². The molecule has 0 saturated carbocycles. The Hall–Kier alpha value is -1.96. The average Bonchev–Trinajstić information content (AvgIpc) is 2.59. The van der Waals surface area contributed by atoms with Crippen molar-refractivity contribution in [3.63, 3.8) is 0 Å². The highest BCUT2D eigenvalue weighted by molar-refractivity contribution is 14.0. The van der Waals surface area contributed by atoms with E-state index in [2.05, 4.69) is 29.4 Å². The summed E-state index contributed by atoms with van der Waals surface area (Å²) in [4.78, 5) is 4.36. The van der Waals surface area contributed by atoms with E-state index < -0.39 is 0 Å². The fraction of sp³-hybridized carbons (Fsp3) is 0.278. The zero-order valence-electron chi connectivity index (χ0n) is 14.2. The van der Waals surface area contributed by atoms with Gasteiger partial charge in [0, 0.05) is 5.69 Å². The first-order valence-electron chi connectivity index (χ1n) is 7.53. The number of guanidine groups is 1. The largest absolute Gasteiger partial charge is 0.493 e. The second kappa shape index (κ2) is 10.0. The number of halogens is 1. The lowest BCUT2D eigenvalue weighted by molar-refractivity contribution is 0.354. The maximum absolute atomic E-state index is 5.95. The minimum atomic E-state index is 0. The summed E-state index contributed by atoms with van der Waals surface area (Å²) in [5.41, 5.74) is 9.14. The van der Waals surface area contributed by atoms with Crippen molar-refractivity contribution in [1.29, 1.82) is 0 Å². The molecule has 0 fully saturated rings. The van der Waals surface area contributed by atoms with E-state index in [-0.39, 0.29) is 24.0 Å². The van der Waals surface area contributed by atoms with Crippen molar-refractivity contribution in [2.75, 3.05) is 19.5 Å². The van der Waals surface area contributed by atoms with Crippen LogP contribution in [0.5, 0.6) is 11.5 Å². The van der Waals surface area contributed by atoms with Crippen LogP contribution < -0.4 is 20.5 Å². The number of rotatable bonds is 6. The van der Waals surface area contributed by atoms with Crippen LogP contribution in [-0.2, 0) is 13.0 Å². The highest BCUT2D eigenvalue weighted by Gasteiger charge is 2.04. The Labute approximate surface area is 160 Å². The molecule has 2 aromatic rings. The van der Waals surface area contributed by atoms with Crippen LogP contribution in [0.3, 0.4) is 0 Å². The molecule has 5 nitrogen and oxygen atoms in total. The third-order valence-electron chi connectivity index (χ3n) is 3.49. The van der Waals surface area contributed by atoms with E-state index in [4.69, 9.17) is 15.2 Å². The van der Waals surface area contributed by atoms with Crippen molar-refractivity contribution < 1.29 is 9.47 Å². The van der Waals surface area contributed by atoms with Gasteiger partial charge in [-0.05, 0) is 41.8 Å². The molecule has 0 aliphatic rings. The second-order valence-corrected chi connectivity index (χ2v) is 5.07. The van der Waals surface area contributed by atoms with E-state index in [9.17, 15) is 0 Å². The lowest BCUT2D eigenvalue weighted by Gasteiger charge is -2.09. The Morgan fingerprint density at radius 3 is 2.46 bits per heavy atom. The number of methoxy groups -OCH3 is 2. The van der Waals surface area contributed by atoms with E-state index in [1.165, 1.54) is 5.56 Å². The van der Waals surface area contributed by atoms with E-state index in [1.807, 2.05) is 30.3 Å². The molecular formula is C18H24IN3O2. The third kappa shape index (κ3) is 5.59. The van der Waals surface area contributed by atoms with E-state index in [0.29, 0.717) is 24.0 Å². The Balaban J connectivity index is 0.00000288. The molecule has 0 saturated heterocycles. The minimum absolute atomic E-state index is 0. The van der Waals surface area contributed by atoms with Gasteiger partial charge in [0.25, 0.3) is 0 Å². The molecule has 24 heavy (non-hydrogen) atoms. The molecule has 0 spiro atoms. The minimum Gasteiger partial charge on any atom is -0.493 e. The third-order valence-corrected chi connectivity index (χ3v) is 3.49. The summed E-state index contributed by atoms with van der Waals surface area (Å²) < 4.78 is 10.5. The van der Waals surface area contributed by atoms with Crippen LogP contribution in [0.2, 0.25) is 0 Å². The van der Waals surface area contributed by atoms with Crippen molar-refractivity contribution in [1.82, 2.24) is 0 Å². The van der Waals surface area contributed by atoms with Gasteiger partial charge in [-0.15, -0.1) is 24.0 Å². The van der Waals surface area contributed by atoms with E-state index in [0.717, 1.165) is 17.7 Å². The molecule has 0 radical (unpaired) electrons. The maximum atomic E-state index is 5.95. The lowest BCUT2D eigenvalue weighted by Crippen LogP contribution is -2.22. The summed E-state index contributed by atoms with van der Waals surface area (Å²) >= 11 is 0. The first-order valence-corrected chi connectivity index (χ1v) is 7.53. The van der Waals surface area contributed by atoms with Gasteiger partial charge in [-0.25, -0.2) is 4.99 Å². The fourth-order valence-electron chi connectivity index (χ4n) is 2.21. The van der Waals surface area contributed by atoms with Gasteiger partial charge in [-0.2, -0.15) is 0 Å². The van der Waals surface area contributed by atoms with Crippen LogP contribution in [0, 0.1) is 0 Å².